The number of rotatable bonds is 4. The molecule has 4 heteroatoms. The Labute approximate surface area is 118 Å². The lowest BCUT2D eigenvalue weighted by molar-refractivity contribution is 0.965. The minimum absolute atomic E-state index is 0.216. The SMILES string of the molecule is C=Cc1cccc(-c2cn[nH]c(=O)c2N(C)C)c1C=C. The zero-order chi connectivity index (χ0) is 14.7. The van der Waals surface area contributed by atoms with E-state index in [0.717, 1.165) is 22.3 Å². The van der Waals surface area contributed by atoms with E-state index in [2.05, 4.69) is 23.4 Å². The Kier molecular flexibility index (Phi) is 3.84. The van der Waals surface area contributed by atoms with E-state index in [9.17, 15) is 4.79 Å². The van der Waals surface area contributed by atoms with E-state index in [1.165, 1.54) is 0 Å². The molecule has 0 amide bonds. The van der Waals surface area contributed by atoms with Crippen molar-refractivity contribution in [3.8, 4) is 11.1 Å². The summed E-state index contributed by atoms with van der Waals surface area (Å²) in [7, 11) is 3.66. The average molecular weight is 267 g/mol. The maximum absolute atomic E-state index is 12.0. The maximum Gasteiger partial charge on any atom is 0.288 e. The molecule has 0 saturated heterocycles. The third-order valence-corrected chi connectivity index (χ3v) is 3.13. The molecular weight excluding hydrogens is 250 g/mol. The molecule has 4 nitrogen and oxygen atoms in total. The van der Waals surface area contributed by atoms with Crippen LogP contribution in [0.1, 0.15) is 11.1 Å². The highest BCUT2D eigenvalue weighted by molar-refractivity contribution is 5.86. The third-order valence-electron chi connectivity index (χ3n) is 3.13. The van der Waals surface area contributed by atoms with E-state index in [4.69, 9.17) is 0 Å². The van der Waals surface area contributed by atoms with Crippen LogP contribution in [0.5, 0.6) is 0 Å². The van der Waals surface area contributed by atoms with Crippen molar-refractivity contribution in [2.75, 3.05) is 19.0 Å². The molecule has 0 aliphatic heterocycles. The molecule has 0 bridgehead atoms. The van der Waals surface area contributed by atoms with Gasteiger partial charge in [0, 0.05) is 19.7 Å². The summed E-state index contributed by atoms with van der Waals surface area (Å²) < 4.78 is 0. The van der Waals surface area contributed by atoms with Gasteiger partial charge in [-0.3, -0.25) is 4.79 Å². The summed E-state index contributed by atoms with van der Waals surface area (Å²) in [6.45, 7) is 7.66. The summed E-state index contributed by atoms with van der Waals surface area (Å²) in [6.07, 6.45) is 5.20. The van der Waals surface area contributed by atoms with Gasteiger partial charge in [0.15, 0.2) is 0 Å². The molecular formula is C16H17N3O. The minimum atomic E-state index is -0.216. The Hall–Kier alpha value is -2.62. The van der Waals surface area contributed by atoms with Gasteiger partial charge in [-0.05, 0) is 16.7 Å². The van der Waals surface area contributed by atoms with Gasteiger partial charge in [0.1, 0.15) is 5.69 Å². The number of nitrogens with zero attached hydrogens (tertiary/aromatic N) is 2. The second kappa shape index (κ2) is 5.57. The summed E-state index contributed by atoms with van der Waals surface area (Å²) in [5, 5.41) is 6.37. The van der Waals surface area contributed by atoms with Gasteiger partial charge >= 0.3 is 0 Å². The van der Waals surface area contributed by atoms with E-state index in [0.29, 0.717) is 5.69 Å². The van der Waals surface area contributed by atoms with Crippen molar-refractivity contribution in [2.24, 2.45) is 0 Å². The molecule has 0 atom stereocenters. The van der Waals surface area contributed by atoms with Crippen LogP contribution in [0.25, 0.3) is 23.3 Å². The predicted molar refractivity (Wildman–Crippen MR) is 84.8 cm³/mol. The first-order valence-corrected chi connectivity index (χ1v) is 6.23. The summed E-state index contributed by atoms with van der Waals surface area (Å²) in [5.41, 5.74) is 3.97. The van der Waals surface area contributed by atoms with Crippen molar-refractivity contribution in [2.45, 2.75) is 0 Å². The fraction of sp³-hybridized carbons (Fsp3) is 0.125. The molecule has 1 N–H and O–H groups in total. The lowest BCUT2D eigenvalue weighted by Gasteiger charge is -2.17. The Morgan fingerprint density at radius 1 is 1.20 bits per heavy atom. The number of nitrogens with one attached hydrogen (secondary N) is 1. The van der Waals surface area contributed by atoms with Crippen molar-refractivity contribution >= 4 is 17.8 Å². The van der Waals surface area contributed by atoms with Crippen LogP contribution in [0.15, 0.2) is 42.3 Å². The fourth-order valence-electron chi connectivity index (χ4n) is 2.26. The number of H-pyrrole nitrogens is 1. The van der Waals surface area contributed by atoms with Gasteiger partial charge < -0.3 is 4.90 Å². The number of hydrogen-bond donors (Lipinski definition) is 1. The van der Waals surface area contributed by atoms with Gasteiger partial charge in [-0.1, -0.05) is 43.5 Å². The van der Waals surface area contributed by atoms with Crippen LogP contribution in [0.2, 0.25) is 0 Å². The topological polar surface area (TPSA) is 49.0 Å². The van der Waals surface area contributed by atoms with Crippen molar-refractivity contribution < 1.29 is 0 Å². The summed E-state index contributed by atoms with van der Waals surface area (Å²) >= 11 is 0. The Morgan fingerprint density at radius 3 is 2.55 bits per heavy atom. The highest BCUT2D eigenvalue weighted by atomic mass is 16.1. The van der Waals surface area contributed by atoms with Crippen LogP contribution in [-0.4, -0.2) is 24.3 Å². The second-order valence-corrected chi connectivity index (χ2v) is 4.57. The van der Waals surface area contributed by atoms with Crippen LogP contribution in [0.4, 0.5) is 5.69 Å². The van der Waals surface area contributed by atoms with Gasteiger partial charge in [0.2, 0.25) is 0 Å². The highest BCUT2D eigenvalue weighted by Gasteiger charge is 2.14. The molecule has 0 fully saturated rings. The minimum Gasteiger partial charge on any atom is -0.373 e. The fourth-order valence-corrected chi connectivity index (χ4v) is 2.26. The second-order valence-electron chi connectivity index (χ2n) is 4.57. The van der Waals surface area contributed by atoms with E-state index in [1.807, 2.05) is 32.3 Å². The monoisotopic (exact) mass is 267 g/mol. The molecule has 102 valence electrons. The molecule has 20 heavy (non-hydrogen) atoms. The Morgan fingerprint density at radius 2 is 1.95 bits per heavy atom. The van der Waals surface area contributed by atoms with Crippen molar-refractivity contribution in [3.05, 3.63) is 59.0 Å². The molecule has 2 rings (SSSR count). The van der Waals surface area contributed by atoms with Crippen LogP contribution < -0.4 is 10.5 Å². The van der Waals surface area contributed by atoms with Gasteiger partial charge in [-0.15, -0.1) is 0 Å². The number of aromatic nitrogens is 2. The van der Waals surface area contributed by atoms with Gasteiger partial charge in [0.25, 0.3) is 5.56 Å². The lowest BCUT2D eigenvalue weighted by Crippen LogP contribution is -2.22. The smallest absolute Gasteiger partial charge is 0.288 e. The Balaban J connectivity index is 2.82. The van der Waals surface area contributed by atoms with Crippen LogP contribution >= 0.6 is 0 Å². The van der Waals surface area contributed by atoms with Gasteiger partial charge in [0.05, 0.1) is 6.20 Å². The molecule has 1 heterocycles. The Bertz CT molecular complexity index is 714. The molecule has 0 unspecified atom stereocenters. The van der Waals surface area contributed by atoms with Crippen molar-refractivity contribution in [3.63, 3.8) is 0 Å². The molecule has 0 saturated carbocycles. The first-order valence-electron chi connectivity index (χ1n) is 6.23. The van der Waals surface area contributed by atoms with Crippen LogP contribution in [0.3, 0.4) is 0 Å². The third kappa shape index (κ3) is 2.28. The number of anilines is 1. The summed E-state index contributed by atoms with van der Waals surface area (Å²) in [6, 6.07) is 5.84. The molecule has 0 spiro atoms. The number of benzene rings is 1. The van der Waals surface area contributed by atoms with Crippen molar-refractivity contribution in [1.29, 1.82) is 0 Å². The highest BCUT2D eigenvalue weighted by Crippen LogP contribution is 2.31. The molecule has 1 aromatic carbocycles. The molecule has 0 radical (unpaired) electrons. The quantitative estimate of drug-likeness (QED) is 0.926. The van der Waals surface area contributed by atoms with Gasteiger partial charge in [-0.25, -0.2) is 5.10 Å². The molecule has 2 aromatic rings. The van der Waals surface area contributed by atoms with E-state index >= 15 is 0 Å². The maximum atomic E-state index is 12.0. The molecule has 0 aliphatic rings. The first kappa shape index (κ1) is 13.8. The zero-order valence-electron chi connectivity index (χ0n) is 11.7. The number of hydrogen-bond acceptors (Lipinski definition) is 3. The average Bonchev–Trinajstić information content (AvgIpc) is 2.45. The summed E-state index contributed by atoms with van der Waals surface area (Å²) in [5.74, 6) is 0. The normalized spacial score (nSPS) is 10.1. The summed E-state index contributed by atoms with van der Waals surface area (Å²) in [4.78, 5) is 13.8. The van der Waals surface area contributed by atoms with E-state index in [1.54, 1.807) is 23.2 Å². The zero-order valence-corrected chi connectivity index (χ0v) is 11.7. The predicted octanol–water partition coefficient (Wildman–Crippen LogP) is 2.79. The van der Waals surface area contributed by atoms with Crippen molar-refractivity contribution in [1.82, 2.24) is 10.2 Å². The molecule has 0 aliphatic carbocycles. The standard InChI is InChI=1S/C16H17N3O/c1-5-11-8-7-9-13(12(11)6-2)14-10-17-18-16(20)15(14)19(3)4/h5-10H,1-2H2,3-4H3,(H,18,20). The molecule has 1 aromatic heterocycles. The van der Waals surface area contributed by atoms with Gasteiger partial charge in [-0.2, -0.15) is 5.10 Å². The van der Waals surface area contributed by atoms with E-state index < -0.39 is 0 Å². The number of aromatic amines is 1. The largest absolute Gasteiger partial charge is 0.373 e. The van der Waals surface area contributed by atoms with Crippen LogP contribution in [-0.2, 0) is 0 Å². The lowest BCUT2D eigenvalue weighted by atomic mass is 9.95. The van der Waals surface area contributed by atoms with Crippen LogP contribution in [0, 0.1) is 0 Å². The first-order chi connectivity index (χ1) is 9.60. The van der Waals surface area contributed by atoms with E-state index in [-0.39, 0.29) is 5.56 Å².